The highest BCUT2D eigenvalue weighted by molar-refractivity contribution is 5.91. The molecule has 3 unspecified atom stereocenters. The van der Waals surface area contributed by atoms with E-state index >= 15 is 0 Å². The van der Waals surface area contributed by atoms with E-state index in [0.717, 1.165) is 0 Å². The molecule has 7 N–H and O–H groups in total. The molecule has 60 heavy (non-hydrogen) atoms. The Kier molecular flexibility index (Phi) is 20.3. The van der Waals surface area contributed by atoms with Crippen molar-refractivity contribution in [2.45, 2.75) is 154 Å². The van der Waals surface area contributed by atoms with E-state index in [-0.39, 0.29) is 90.9 Å². The number of carbonyl (C=O) groups is 6. The van der Waals surface area contributed by atoms with Crippen molar-refractivity contribution in [2.24, 2.45) is 17.2 Å². The van der Waals surface area contributed by atoms with Crippen LogP contribution in [0.2, 0.25) is 0 Å². The summed E-state index contributed by atoms with van der Waals surface area (Å²) in [5.74, 6) is 3.10. The summed E-state index contributed by atoms with van der Waals surface area (Å²) in [5, 5.41) is 3.34. The maximum Gasteiger partial charge on any atom is 0.308 e. The Morgan fingerprint density at radius 1 is 0.483 bits per heavy atom. The minimum absolute atomic E-state index is 0.00277. The number of esters is 3. The fraction of sp³-hybridized carbons (Fsp3) is 0.727. The predicted octanol–water partition coefficient (Wildman–Crippen LogP) is 1.60. The van der Waals surface area contributed by atoms with E-state index in [1.165, 1.54) is 0 Å². The SMILES string of the molecule is C#CCCC(CC(=O)OC(C)(C)C)(C(N)=O)N1CCNCCN(C(CCC#C)(CC(=O)OC(C)(C)C)C(N)=O)CCN(C(CCC#C)(CC(=O)OC(C)(C)C)C(N)=O)CC1. The third kappa shape index (κ3) is 16.4. The molecule has 0 aliphatic carbocycles. The summed E-state index contributed by atoms with van der Waals surface area (Å²) in [7, 11) is 0. The van der Waals surface area contributed by atoms with Crippen LogP contribution in [0.3, 0.4) is 0 Å². The molecule has 16 nitrogen and oxygen atoms in total. The van der Waals surface area contributed by atoms with Crippen molar-refractivity contribution in [3.63, 3.8) is 0 Å². The minimum atomic E-state index is -1.77. The number of amides is 3. The molecule has 3 atom stereocenters. The van der Waals surface area contributed by atoms with Crippen LogP contribution in [0.5, 0.6) is 0 Å². The third-order valence-electron chi connectivity index (χ3n) is 10.2. The number of rotatable bonds is 18. The summed E-state index contributed by atoms with van der Waals surface area (Å²) in [4.78, 5) is 87.2. The molecule has 0 radical (unpaired) electrons. The van der Waals surface area contributed by atoms with Crippen molar-refractivity contribution < 1.29 is 43.0 Å². The van der Waals surface area contributed by atoms with Crippen LogP contribution in [0.4, 0.5) is 0 Å². The molecule has 1 rings (SSSR count). The molecule has 1 heterocycles. The number of hydrogen-bond donors (Lipinski definition) is 4. The number of primary amides is 3. The Balaban J connectivity index is 4.17. The third-order valence-corrected chi connectivity index (χ3v) is 10.2. The monoisotopic (exact) mass is 842 g/mol. The second-order valence-electron chi connectivity index (χ2n) is 18.3. The zero-order valence-electron chi connectivity index (χ0n) is 37.5. The van der Waals surface area contributed by atoms with Crippen LogP contribution < -0.4 is 22.5 Å². The lowest BCUT2D eigenvalue weighted by Gasteiger charge is -2.47. The maximum absolute atomic E-state index is 14.0. The Morgan fingerprint density at radius 3 is 0.917 bits per heavy atom. The summed E-state index contributed by atoms with van der Waals surface area (Å²) in [5.41, 5.74) is 11.0. The molecule has 0 saturated carbocycles. The van der Waals surface area contributed by atoms with Gasteiger partial charge in [-0.2, -0.15) is 0 Å². The van der Waals surface area contributed by atoms with Crippen molar-refractivity contribution in [2.75, 3.05) is 52.4 Å². The zero-order valence-corrected chi connectivity index (χ0v) is 37.5. The number of nitrogens with two attached hydrogens (primary N) is 3. The van der Waals surface area contributed by atoms with Crippen LogP contribution in [-0.2, 0) is 43.0 Å². The molecule has 0 aromatic heterocycles. The normalized spacial score (nSPS) is 18.5. The van der Waals surface area contributed by atoms with Gasteiger partial charge in [0.1, 0.15) is 33.4 Å². The first kappa shape index (κ1) is 53.4. The molecule has 0 aromatic rings. The largest absolute Gasteiger partial charge is 0.460 e. The average molecular weight is 842 g/mol. The van der Waals surface area contributed by atoms with Crippen LogP contribution in [0.25, 0.3) is 0 Å². The minimum Gasteiger partial charge on any atom is -0.460 e. The van der Waals surface area contributed by atoms with Gasteiger partial charge in [-0.1, -0.05) is 0 Å². The maximum atomic E-state index is 14.0. The summed E-state index contributed by atoms with van der Waals surface area (Å²) < 4.78 is 17.0. The Labute approximate surface area is 358 Å². The van der Waals surface area contributed by atoms with Gasteiger partial charge < -0.3 is 36.7 Å². The number of hydrogen-bond acceptors (Lipinski definition) is 13. The first-order valence-electron chi connectivity index (χ1n) is 20.4. The molecule has 3 amide bonds. The number of ether oxygens (including phenoxy) is 3. The molecule has 16 heteroatoms. The van der Waals surface area contributed by atoms with E-state index in [2.05, 4.69) is 23.1 Å². The highest BCUT2D eigenvalue weighted by Crippen LogP contribution is 2.33. The van der Waals surface area contributed by atoms with Crippen LogP contribution in [0.1, 0.15) is 120 Å². The number of terminal acetylenes is 3. The van der Waals surface area contributed by atoms with Gasteiger partial charge in [0.2, 0.25) is 17.7 Å². The summed E-state index contributed by atoms with van der Waals surface area (Å²) in [6.07, 6.45) is 15.9. The first-order valence-corrected chi connectivity index (χ1v) is 20.4. The molecule has 1 saturated heterocycles. The van der Waals surface area contributed by atoms with Crippen molar-refractivity contribution in [1.29, 1.82) is 0 Å². The summed E-state index contributed by atoms with van der Waals surface area (Å²) >= 11 is 0. The van der Waals surface area contributed by atoms with Gasteiger partial charge >= 0.3 is 17.9 Å². The number of carbonyl (C=O) groups excluding carboxylic acids is 6. The van der Waals surface area contributed by atoms with Gasteiger partial charge in [0.25, 0.3) is 0 Å². The molecule has 336 valence electrons. The molecule has 1 fully saturated rings. The van der Waals surface area contributed by atoms with Gasteiger partial charge in [-0.05, 0) is 81.6 Å². The lowest BCUT2D eigenvalue weighted by Crippen LogP contribution is -2.66. The van der Waals surface area contributed by atoms with Gasteiger partial charge in [0, 0.05) is 71.6 Å². The van der Waals surface area contributed by atoms with Crippen molar-refractivity contribution in [3.8, 4) is 37.0 Å². The fourth-order valence-corrected chi connectivity index (χ4v) is 7.51. The molecular formula is C44H71N7O9. The molecule has 0 bridgehead atoms. The van der Waals surface area contributed by atoms with Gasteiger partial charge in [0.05, 0.1) is 19.3 Å². The first-order chi connectivity index (χ1) is 27.6. The van der Waals surface area contributed by atoms with E-state index in [1.807, 2.05) is 0 Å². The van der Waals surface area contributed by atoms with E-state index < -0.39 is 88.3 Å². The second kappa shape index (κ2) is 22.8. The van der Waals surface area contributed by atoms with E-state index in [9.17, 15) is 28.8 Å². The highest BCUT2D eigenvalue weighted by atomic mass is 16.6. The zero-order chi connectivity index (χ0) is 46.2. The Hall–Kier alpha value is -4.66. The van der Waals surface area contributed by atoms with Crippen molar-refractivity contribution >= 4 is 35.6 Å². The smallest absolute Gasteiger partial charge is 0.308 e. The lowest BCUT2D eigenvalue weighted by atomic mass is 9.84. The quantitative estimate of drug-likeness (QED) is 0.0875. The molecule has 1 aliphatic rings. The lowest BCUT2D eigenvalue weighted by molar-refractivity contribution is -0.164. The van der Waals surface area contributed by atoms with Crippen molar-refractivity contribution in [3.05, 3.63) is 0 Å². The highest BCUT2D eigenvalue weighted by Gasteiger charge is 2.50. The van der Waals surface area contributed by atoms with E-state index in [1.54, 1.807) is 77.0 Å². The second-order valence-corrected chi connectivity index (χ2v) is 18.3. The van der Waals surface area contributed by atoms with Crippen LogP contribution >= 0.6 is 0 Å². The predicted molar refractivity (Wildman–Crippen MR) is 229 cm³/mol. The molecule has 0 spiro atoms. The molecule has 1 aliphatic heterocycles. The van der Waals surface area contributed by atoms with Gasteiger partial charge in [-0.25, -0.2) is 0 Å². The number of nitrogens with zero attached hydrogens (tertiary/aromatic N) is 3. The van der Waals surface area contributed by atoms with Crippen LogP contribution in [0.15, 0.2) is 0 Å². The Morgan fingerprint density at radius 2 is 0.717 bits per heavy atom. The van der Waals surface area contributed by atoms with Gasteiger partial charge in [-0.15, -0.1) is 37.0 Å². The fourth-order valence-electron chi connectivity index (χ4n) is 7.51. The van der Waals surface area contributed by atoms with Gasteiger partial charge in [-0.3, -0.25) is 43.5 Å². The molecular weight excluding hydrogens is 771 g/mol. The van der Waals surface area contributed by atoms with Crippen LogP contribution in [-0.4, -0.2) is 136 Å². The Bertz CT molecular complexity index is 1560. The van der Waals surface area contributed by atoms with Gasteiger partial charge in [0.15, 0.2) is 0 Å². The summed E-state index contributed by atoms with van der Waals surface area (Å²) in [6, 6.07) is 0. The topological polar surface area (TPSA) is 230 Å². The summed E-state index contributed by atoms with van der Waals surface area (Å²) in [6.45, 7) is 15.9. The van der Waals surface area contributed by atoms with Crippen LogP contribution in [0, 0.1) is 37.0 Å². The molecule has 0 aromatic carbocycles. The van der Waals surface area contributed by atoms with Crippen molar-refractivity contribution in [1.82, 2.24) is 20.0 Å². The van der Waals surface area contributed by atoms with E-state index in [4.69, 9.17) is 50.7 Å². The van der Waals surface area contributed by atoms with E-state index in [0.29, 0.717) is 0 Å². The standard InChI is InChI=1S/C44H71N7O9/c1-13-16-19-42(36(45)55,30-33(52)58-39(4,5)6)49-24-22-48-23-25-50(43(37(46)56,20-17-14-2)31-34(53)59-40(7,8)9)27-29-51(28-26-49)44(38(47)57,21-18-15-3)32-35(54)60-41(10,11)12/h1-3,48H,16-32H2,4-12H3,(H2,45,55)(H2,46,56)(H2,47,57). The average Bonchev–Trinajstić information content (AvgIpc) is 3.08. The number of nitrogens with one attached hydrogen (secondary N) is 1.